The predicted octanol–water partition coefficient (Wildman–Crippen LogP) is 2.56. The fourth-order valence-electron chi connectivity index (χ4n) is 2.20. The van der Waals surface area contributed by atoms with Crippen molar-refractivity contribution < 1.29 is 13.6 Å². The van der Waals surface area contributed by atoms with E-state index in [2.05, 4.69) is 10.5 Å². The molecule has 5 heteroatoms. The van der Waals surface area contributed by atoms with Crippen molar-refractivity contribution in [2.24, 2.45) is 5.10 Å². The fraction of sp³-hybridized carbons (Fsp3) is 0.0667. The number of carbonyl (C=O) groups excluding carboxylic acids is 1. The summed E-state index contributed by atoms with van der Waals surface area (Å²) < 4.78 is 26.3. The van der Waals surface area contributed by atoms with Crippen molar-refractivity contribution in [1.82, 2.24) is 5.43 Å². The Bertz CT molecular complexity index is 696. The smallest absolute Gasteiger partial charge is 0.148 e. The lowest BCUT2D eigenvalue weighted by atomic mass is 9.93. The van der Waals surface area contributed by atoms with Gasteiger partial charge in [0.25, 0.3) is 0 Å². The summed E-state index contributed by atoms with van der Waals surface area (Å²) in [6.07, 6.45) is 0.670. The second-order valence-corrected chi connectivity index (χ2v) is 4.44. The highest BCUT2D eigenvalue weighted by Crippen LogP contribution is 2.25. The third-order valence-corrected chi connectivity index (χ3v) is 3.17. The summed E-state index contributed by atoms with van der Waals surface area (Å²) in [4.78, 5) is 11.0. The molecular formula is C15H10F2N2O. The third kappa shape index (κ3) is 2.07. The molecule has 0 saturated carbocycles. The van der Waals surface area contributed by atoms with E-state index in [1.165, 1.54) is 24.3 Å². The summed E-state index contributed by atoms with van der Waals surface area (Å²) in [5.41, 5.74) is 5.10. The largest absolute Gasteiger partial charge is 0.301 e. The standard InChI is InChI=1S/C15H10F2N2O/c16-10-3-1-9(2-4-10)15-12-6-5-11(17)7-13(12)14(8-20)18-19-15/h1-8,14,18H. The molecule has 0 aliphatic carbocycles. The van der Waals surface area contributed by atoms with Crippen molar-refractivity contribution in [2.45, 2.75) is 6.04 Å². The second kappa shape index (κ2) is 4.85. The number of benzene rings is 2. The van der Waals surface area contributed by atoms with E-state index in [0.717, 1.165) is 0 Å². The molecule has 1 atom stereocenters. The van der Waals surface area contributed by atoms with Gasteiger partial charge in [-0.15, -0.1) is 0 Å². The zero-order chi connectivity index (χ0) is 14.1. The van der Waals surface area contributed by atoms with Crippen molar-refractivity contribution in [3.63, 3.8) is 0 Å². The van der Waals surface area contributed by atoms with E-state index in [0.29, 0.717) is 28.7 Å². The highest BCUT2D eigenvalue weighted by Gasteiger charge is 2.23. The summed E-state index contributed by atoms with van der Waals surface area (Å²) in [5.74, 6) is -0.763. The monoisotopic (exact) mass is 272 g/mol. The topological polar surface area (TPSA) is 41.5 Å². The van der Waals surface area contributed by atoms with Crippen LogP contribution in [0.5, 0.6) is 0 Å². The van der Waals surface area contributed by atoms with E-state index in [4.69, 9.17) is 0 Å². The molecule has 1 aliphatic rings. The molecule has 1 aliphatic heterocycles. The maximum Gasteiger partial charge on any atom is 0.148 e. The quantitative estimate of drug-likeness (QED) is 0.854. The number of nitrogens with one attached hydrogen (secondary N) is 1. The minimum atomic E-state index is -0.676. The molecule has 1 N–H and O–H groups in total. The van der Waals surface area contributed by atoms with Gasteiger partial charge in [-0.1, -0.05) is 0 Å². The van der Waals surface area contributed by atoms with Crippen LogP contribution in [-0.2, 0) is 4.79 Å². The number of hydrogen-bond acceptors (Lipinski definition) is 3. The Morgan fingerprint density at radius 1 is 1.05 bits per heavy atom. The van der Waals surface area contributed by atoms with Gasteiger partial charge in [0.15, 0.2) is 0 Å². The lowest BCUT2D eigenvalue weighted by Gasteiger charge is -2.22. The molecule has 2 aromatic rings. The summed E-state index contributed by atoms with van der Waals surface area (Å²) in [6.45, 7) is 0. The van der Waals surface area contributed by atoms with Crippen LogP contribution in [0, 0.1) is 11.6 Å². The molecule has 0 spiro atoms. The van der Waals surface area contributed by atoms with Crippen molar-refractivity contribution in [2.75, 3.05) is 0 Å². The molecule has 3 rings (SSSR count). The zero-order valence-electron chi connectivity index (χ0n) is 10.3. The molecule has 0 aromatic heterocycles. The lowest BCUT2D eigenvalue weighted by molar-refractivity contribution is -0.109. The van der Waals surface area contributed by atoms with Crippen LogP contribution in [-0.4, -0.2) is 12.0 Å². The molecule has 2 aromatic carbocycles. The van der Waals surface area contributed by atoms with E-state index in [1.54, 1.807) is 18.2 Å². The third-order valence-electron chi connectivity index (χ3n) is 3.17. The first-order valence-electron chi connectivity index (χ1n) is 6.03. The SMILES string of the molecule is O=CC1NN=C(c2ccc(F)cc2)c2ccc(F)cc21. The van der Waals surface area contributed by atoms with Gasteiger partial charge in [-0.3, -0.25) is 5.43 Å². The van der Waals surface area contributed by atoms with Gasteiger partial charge in [0.2, 0.25) is 0 Å². The van der Waals surface area contributed by atoms with Crippen LogP contribution in [0.4, 0.5) is 8.78 Å². The minimum Gasteiger partial charge on any atom is -0.301 e. The molecule has 0 fully saturated rings. The number of rotatable bonds is 2. The number of halogens is 2. The van der Waals surface area contributed by atoms with Gasteiger partial charge in [-0.05, 0) is 48.0 Å². The van der Waals surface area contributed by atoms with Gasteiger partial charge in [-0.2, -0.15) is 5.10 Å². The number of aldehydes is 1. The van der Waals surface area contributed by atoms with Gasteiger partial charge in [-0.25, -0.2) is 8.78 Å². The lowest BCUT2D eigenvalue weighted by Crippen LogP contribution is -2.27. The average molecular weight is 272 g/mol. The Morgan fingerprint density at radius 3 is 2.45 bits per heavy atom. The second-order valence-electron chi connectivity index (χ2n) is 4.44. The van der Waals surface area contributed by atoms with Crippen molar-refractivity contribution in [3.8, 4) is 0 Å². The number of nitrogens with zero attached hydrogens (tertiary/aromatic N) is 1. The normalized spacial score (nSPS) is 16.9. The molecular weight excluding hydrogens is 262 g/mol. The van der Waals surface area contributed by atoms with E-state index in [9.17, 15) is 13.6 Å². The van der Waals surface area contributed by atoms with E-state index in [1.807, 2.05) is 0 Å². The van der Waals surface area contributed by atoms with E-state index >= 15 is 0 Å². The maximum absolute atomic E-state index is 13.4. The summed E-state index contributed by atoms with van der Waals surface area (Å²) in [5, 5.41) is 4.14. The van der Waals surface area contributed by atoms with Crippen LogP contribution in [0.2, 0.25) is 0 Å². The number of fused-ring (bicyclic) bond motifs is 1. The molecule has 0 saturated heterocycles. The number of hydrogen-bond donors (Lipinski definition) is 1. The highest BCUT2D eigenvalue weighted by atomic mass is 19.1. The first-order valence-corrected chi connectivity index (χ1v) is 6.03. The summed E-state index contributed by atoms with van der Waals surface area (Å²) in [6, 6.07) is 9.34. The van der Waals surface area contributed by atoms with Crippen LogP contribution in [0.15, 0.2) is 47.6 Å². The first kappa shape index (κ1) is 12.5. The maximum atomic E-state index is 13.4. The van der Waals surface area contributed by atoms with Gasteiger partial charge in [0.1, 0.15) is 24.0 Å². The van der Waals surface area contributed by atoms with Gasteiger partial charge < -0.3 is 4.79 Å². The molecule has 1 unspecified atom stereocenters. The van der Waals surface area contributed by atoms with E-state index < -0.39 is 11.9 Å². The Labute approximate surface area is 113 Å². The highest BCUT2D eigenvalue weighted by molar-refractivity contribution is 6.14. The molecule has 0 radical (unpaired) electrons. The van der Waals surface area contributed by atoms with Crippen molar-refractivity contribution in [1.29, 1.82) is 0 Å². The molecule has 0 bridgehead atoms. The zero-order valence-corrected chi connectivity index (χ0v) is 10.3. The number of carbonyl (C=O) groups is 1. The average Bonchev–Trinajstić information content (AvgIpc) is 2.47. The Hall–Kier alpha value is -2.56. The summed E-state index contributed by atoms with van der Waals surface area (Å²) >= 11 is 0. The Balaban J connectivity index is 2.13. The van der Waals surface area contributed by atoms with Crippen LogP contribution in [0.3, 0.4) is 0 Å². The van der Waals surface area contributed by atoms with Gasteiger partial charge in [0, 0.05) is 11.1 Å². The number of hydrazone groups is 1. The Morgan fingerprint density at radius 2 is 1.75 bits per heavy atom. The van der Waals surface area contributed by atoms with Crippen molar-refractivity contribution >= 4 is 12.0 Å². The van der Waals surface area contributed by atoms with Crippen LogP contribution >= 0.6 is 0 Å². The summed E-state index contributed by atoms with van der Waals surface area (Å²) in [7, 11) is 0. The van der Waals surface area contributed by atoms with Crippen molar-refractivity contribution in [3.05, 3.63) is 70.8 Å². The van der Waals surface area contributed by atoms with Crippen LogP contribution < -0.4 is 5.43 Å². The molecule has 3 nitrogen and oxygen atoms in total. The van der Waals surface area contributed by atoms with Gasteiger partial charge in [0.05, 0.1) is 5.71 Å². The minimum absolute atomic E-state index is 0.344. The molecule has 20 heavy (non-hydrogen) atoms. The van der Waals surface area contributed by atoms with Crippen LogP contribution in [0.1, 0.15) is 22.7 Å². The molecule has 100 valence electrons. The molecule has 0 amide bonds. The van der Waals surface area contributed by atoms with E-state index in [-0.39, 0.29) is 5.82 Å². The fourth-order valence-corrected chi connectivity index (χ4v) is 2.20. The van der Waals surface area contributed by atoms with Gasteiger partial charge >= 0.3 is 0 Å². The first-order chi connectivity index (χ1) is 9.69. The molecule has 1 heterocycles. The van der Waals surface area contributed by atoms with Crippen LogP contribution in [0.25, 0.3) is 0 Å². The predicted molar refractivity (Wildman–Crippen MR) is 70.4 cm³/mol. The Kier molecular flexibility index (Phi) is 3.02.